The molecule has 64 valence electrons. The van der Waals surface area contributed by atoms with Crippen molar-refractivity contribution < 1.29 is 0 Å². The van der Waals surface area contributed by atoms with Gasteiger partial charge < -0.3 is 5.73 Å². The standard InChI is InChI=1S/C9H15N.BrH/c1-5-6-7(2)8(3)9(4)10;/h2-6,10H2,1H3;1H. The molecule has 0 amide bonds. The van der Waals surface area contributed by atoms with Crippen LogP contribution >= 0.6 is 17.0 Å². The van der Waals surface area contributed by atoms with Crippen molar-refractivity contribution in [1.82, 2.24) is 0 Å². The van der Waals surface area contributed by atoms with Crippen molar-refractivity contribution >= 4 is 17.0 Å². The highest BCUT2D eigenvalue weighted by Crippen LogP contribution is 2.14. The monoisotopic (exact) mass is 217 g/mol. The van der Waals surface area contributed by atoms with E-state index in [0.29, 0.717) is 5.70 Å². The second-order valence-electron chi connectivity index (χ2n) is 2.36. The van der Waals surface area contributed by atoms with Gasteiger partial charge in [0.05, 0.1) is 0 Å². The molecule has 0 atom stereocenters. The maximum atomic E-state index is 5.41. The quantitative estimate of drug-likeness (QED) is 0.721. The van der Waals surface area contributed by atoms with Gasteiger partial charge in [0.15, 0.2) is 0 Å². The predicted molar refractivity (Wildman–Crippen MR) is 56.8 cm³/mol. The van der Waals surface area contributed by atoms with E-state index in [1.54, 1.807) is 0 Å². The largest absolute Gasteiger partial charge is 0.399 e. The van der Waals surface area contributed by atoms with Gasteiger partial charge in [0, 0.05) is 5.70 Å². The summed E-state index contributed by atoms with van der Waals surface area (Å²) in [6, 6.07) is 0. The lowest BCUT2D eigenvalue weighted by molar-refractivity contribution is 0.917. The first-order valence-corrected chi connectivity index (χ1v) is 3.41. The molecule has 0 aliphatic rings. The maximum Gasteiger partial charge on any atom is 0.0311 e. The van der Waals surface area contributed by atoms with Gasteiger partial charge in [-0.2, -0.15) is 0 Å². The van der Waals surface area contributed by atoms with Gasteiger partial charge >= 0.3 is 0 Å². The van der Waals surface area contributed by atoms with Crippen molar-refractivity contribution in [3.05, 3.63) is 36.6 Å². The molecule has 0 aromatic heterocycles. The minimum Gasteiger partial charge on any atom is -0.399 e. The highest BCUT2D eigenvalue weighted by molar-refractivity contribution is 8.93. The van der Waals surface area contributed by atoms with Crippen molar-refractivity contribution in [1.29, 1.82) is 0 Å². The zero-order chi connectivity index (χ0) is 8.15. The predicted octanol–water partition coefficient (Wildman–Crippen LogP) is 2.95. The minimum atomic E-state index is 0. The van der Waals surface area contributed by atoms with Gasteiger partial charge in [0.1, 0.15) is 0 Å². The molecule has 0 heterocycles. The summed E-state index contributed by atoms with van der Waals surface area (Å²) in [6.45, 7) is 13.2. The zero-order valence-corrected chi connectivity index (χ0v) is 8.73. The molecule has 2 N–H and O–H groups in total. The number of rotatable bonds is 4. The molecule has 0 aliphatic heterocycles. The summed E-state index contributed by atoms with van der Waals surface area (Å²) in [5.74, 6) is 0. The number of halogens is 1. The Morgan fingerprint density at radius 2 is 1.73 bits per heavy atom. The van der Waals surface area contributed by atoms with E-state index in [-0.39, 0.29) is 17.0 Å². The van der Waals surface area contributed by atoms with E-state index in [2.05, 4.69) is 26.7 Å². The lowest BCUT2D eigenvalue weighted by Crippen LogP contribution is -1.99. The van der Waals surface area contributed by atoms with Crippen LogP contribution in [-0.4, -0.2) is 0 Å². The normalized spacial score (nSPS) is 8.09. The molecule has 0 rings (SSSR count). The summed E-state index contributed by atoms with van der Waals surface area (Å²) in [5.41, 5.74) is 7.73. The Labute approximate surface area is 79.4 Å². The Morgan fingerprint density at radius 3 is 2.00 bits per heavy atom. The van der Waals surface area contributed by atoms with Gasteiger partial charge in [-0.25, -0.2) is 0 Å². The molecular weight excluding hydrogens is 202 g/mol. The Balaban J connectivity index is 0. The Kier molecular flexibility index (Phi) is 7.42. The van der Waals surface area contributed by atoms with E-state index in [1.165, 1.54) is 0 Å². The summed E-state index contributed by atoms with van der Waals surface area (Å²) < 4.78 is 0. The van der Waals surface area contributed by atoms with Gasteiger partial charge in [-0.1, -0.05) is 33.1 Å². The van der Waals surface area contributed by atoms with E-state index in [1.807, 2.05) is 0 Å². The Morgan fingerprint density at radius 1 is 1.27 bits per heavy atom. The number of hydrogen-bond acceptors (Lipinski definition) is 1. The molecule has 0 radical (unpaired) electrons. The third-order valence-electron chi connectivity index (χ3n) is 1.37. The topological polar surface area (TPSA) is 26.0 Å². The molecule has 1 nitrogen and oxygen atoms in total. The summed E-state index contributed by atoms with van der Waals surface area (Å²) in [4.78, 5) is 0. The van der Waals surface area contributed by atoms with E-state index in [9.17, 15) is 0 Å². The van der Waals surface area contributed by atoms with Crippen LogP contribution in [0.15, 0.2) is 36.6 Å². The van der Waals surface area contributed by atoms with E-state index < -0.39 is 0 Å². The summed E-state index contributed by atoms with van der Waals surface area (Å²) in [7, 11) is 0. The maximum absolute atomic E-state index is 5.41. The van der Waals surface area contributed by atoms with Crippen LogP contribution in [0.5, 0.6) is 0 Å². The highest BCUT2D eigenvalue weighted by atomic mass is 79.9. The molecule has 0 saturated carbocycles. The Bertz CT molecular complexity index is 170. The smallest absolute Gasteiger partial charge is 0.0311 e. The SMILES string of the molecule is Br.C=C(N)C(=C)C(=C)CCC. The fourth-order valence-corrected chi connectivity index (χ4v) is 0.680. The summed E-state index contributed by atoms with van der Waals surface area (Å²) >= 11 is 0. The average Bonchev–Trinajstić information content (AvgIpc) is 1.87. The molecule has 0 aliphatic carbocycles. The highest BCUT2D eigenvalue weighted by Gasteiger charge is 1.98. The van der Waals surface area contributed by atoms with Crippen molar-refractivity contribution in [3.8, 4) is 0 Å². The molecule has 0 saturated heterocycles. The molecule has 2 heteroatoms. The molecule has 0 bridgehead atoms. The fraction of sp³-hybridized carbons (Fsp3) is 0.333. The number of allylic oxidation sites excluding steroid dienone is 1. The first-order valence-electron chi connectivity index (χ1n) is 3.41. The van der Waals surface area contributed by atoms with Gasteiger partial charge in [-0.15, -0.1) is 17.0 Å². The van der Waals surface area contributed by atoms with Crippen LogP contribution in [0.1, 0.15) is 19.8 Å². The second-order valence-corrected chi connectivity index (χ2v) is 2.36. The van der Waals surface area contributed by atoms with Crippen LogP contribution in [0.3, 0.4) is 0 Å². The van der Waals surface area contributed by atoms with E-state index in [0.717, 1.165) is 24.0 Å². The van der Waals surface area contributed by atoms with Crippen molar-refractivity contribution in [3.63, 3.8) is 0 Å². The molecule has 0 aromatic rings. The molecule has 11 heavy (non-hydrogen) atoms. The lowest BCUT2D eigenvalue weighted by Gasteiger charge is -2.05. The zero-order valence-electron chi connectivity index (χ0n) is 7.02. The lowest BCUT2D eigenvalue weighted by atomic mass is 10.0. The van der Waals surface area contributed by atoms with Gasteiger partial charge in [-0.05, 0) is 17.6 Å². The Hall–Kier alpha value is -0.500. The molecular formula is C9H16BrN. The second kappa shape index (κ2) is 6.23. The first kappa shape index (κ1) is 13.1. The van der Waals surface area contributed by atoms with Crippen molar-refractivity contribution in [2.45, 2.75) is 19.8 Å². The molecule has 0 aromatic carbocycles. The molecule has 0 unspecified atom stereocenters. The summed E-state index contributed by atoms with van der Waals surface area (Å²) in [5, 5.41) is 0. The van der Waals surface area contributed by atoms with Crippen LogP contribution in [-0.2, 0) is 0 Å². The number of hydrogen-bond donors (Lipinski definition) is 1. The van der Waals surface area contributed by atoms with Crippen LogP contribution in [0.2, 0.25) is 0 Å². The van der Waals surface area contributed by atoms with Gasteiger partial charge in [0.2, 0.25) is 0 Å². The molecule has 0 spiro atoms. The average molecular weight is 218 g/mol. The fourth-order valence-electron chi connectivity index (χ4n) is 0.680. The van der Waals surface area contributed by atoms with E-state index >= 15 is 0 Å². The van der Waals surface area contributed by atoms with Gasteiger partial charge in [-0.3, -0.25) is 0 Å². The third-order valence-corrected chi connectivity index (χ3v) is 1.37. The van der Waals surface area contributed by atoms with Gasteiger partial charge in [0.25, 0.3) is 0 Å². The van der Waals surface area contributed by atoms with Crippen LogP contribution < -0.4 is 5.73 Å². The summed E-state index contributed by atoms with van der Waals surface area (Å²) in [6.07, 6.45) is 2.03. The van der Waals surface area contributed by atoms with Crippen LogP contribution in [0, 0.1) is 0 Å². The first-order chi connectivity index (χ1) is 4.59. The van der Waals surface area contributed by atoms with Crippen molar-refractivity contribution in [2.24, 2.45) is 5.73 Å². The van der Waals surface area contributed by atoms with Crippen LogP contribution in [0.4, 0.5) is 0 Å². The molecule has 0 fully saturated rings. The van der Waals surface area contributed by atoms with Crippen LogP contribution in [0.25, 0.3) is 0 Å². The van der Waals surface area contributed by atoms with Crippen molar-refractivity contribution in [2.75, 3.05) is 0 Å². The number of nitrogens with two attached hydrogens (primary N) is 1. The van der Waals surface area contributed by atoms with E-state index in [4.69, 9.17) is 5.73 Å². The minimum absolute atomic E-state index is 0. The third kappa shape index (κ3) is 4.85.